The van der Waals surface area contributed by atoms with Crippen molar-refractivity contribution in [3.63, 3.8) is 0 Å². The molecule has 1 saturated heterocycles. The van der Waals surface area contributed by atoms with E-state index in [1.165, 1.54) is 6.92 Å². The fourth-order valence-electron chi connectivity index (χ4n) is 1.84. The first-order valence-corrected chi connectivity index (χ1v) is 5.27. The molecule has 2 unspecified atom stereocenters. The van der Waals surface area contributed by atoms with Crippen molar-refractivity contribution in [1.29, 1.82) is 0 Å². The SMILES string of the molecule is CCC1CN(C(=O)OC(C)=O)CCC1N. The van der Waals surface area contributed by atoms with Crippen molar-refractivity contribution in [2.75, 3.05) is 13.1 Å². The lowest BCUT2D eigenvalue weighted by Gasteiger charge is -2.35. The molecule has 1 aliphatic heterocycles. The van der Waals surface area contributed by atoms with Crippen LogP contribution in [0.5, 0.6) is 0 Å². The van der Waals surface area contributed by atoms with Gasteiger partial charge < -0.3 is 15.4 Å². The molecule has 1 amide bonds. The van der Waals surface area contributed by atoms with Gasteiger partial charge in [0.25, 0.3) is 0 Å². The number of carbonyl (C=O) groups is 2. The van der Waals surface area contributed by atoms with Gasteiger partial charge in [-0.2, -0.15) is 0 Å². The molecule has 2 N–H and O–H groups in total. The highest BCUT2D eigenvalue weighted by atomic mass is 16.6. The minimum Gasteiger partial charge on any atom is -0.376 e. The average Bonchev–Trinajstić information content (AvgIpc) is 2.17. The number of esters is 1. The van der Waals surface area contributed by atoms with E-state index in [0.717, 1.165) is 12.8 Å². The molecule has 86 valence electrons. The molecule has 0 aromatic rings. The summed E-state index contributed by atoms with van der Waals surface area (Å²) in [4.78, 5) is 23.6. The van der Waals surface area contributed by atoms with E-state index in [1.807, 2.05) is 6.92 Å². The highest BCUT2D eigenvalue weighted by molar-refractivity contribution is 5.83. The van der Waals surface area contributed by atoms with Gasteiger partial charge in [-0.1, -0.05) is 13.3 Å². The number of hydrogen-bond donors (Lipinski definition) is 1. The maximum absolute atomic E-state index is 11.4. The van der Waals surface area contributed by atoms with Crippen LogP contribution < -0.4 is 5.73 Å². The van der Waals surface area contributed by atoms with Gasteiger partial charge in [0.2, 0.25) is 0 Å². The second-order valence-corrected chi connectivity index (χ2v) is 3.93. The zero-order valence-corrected chi connectivity index (χ0v) is 9.23. The number of amides is 1. The largest absolute Gasteiger partial charge is 0.417 e. The summed E-state index contributed by atoms with van der Waals surface area (Å²) in [5, 5.41) is 0. The van der Waals surface area contributed by atoms with Gasteiger partial charge in [-0.05, 0) is 12.3 Å². The molecule has 5 heteroatoms. The van der Waals surface area contributed by atoms with E-state index in [0.29, 0.717) is 19.0 Å². The van der Waals surface area contributed by atoms with Gasteiger partial charge in [0.15, 0.2) is 0 Å². The molecular formula is C10H18N2O3. The molecule has 0 aromatic carbocycles. The molecule has 1 aliphatic rings. The van der Waals surface area contributed by atoms with Gasteiger partial charge >= 0.3 is 12.1 Å². The van der Waals surface area contributed by atoms with Crippen molar-refractivity contribution in [3.8, 4) is 0 Å². The second-order valence-electron chi connectivity index (χ2n) is 3.93. The predicted octanol–water partition coefficient (Wildman–Crippen LogP) is 0.729. The molecule has 5 nitrogen and oxygen atoms in total. The Balaban J connectivity index is 2.50. The van der Waals surface area contributed by atoms with Crippen molar-refractivity contribution in [3.05, 3.63) is 0 Å². The minimum absolute atomic E-state index is 0.149. The van der Waals surface area contributed by atoms with Crippen LogP contribution in [0.15, 0.2) is 0 Å². The van der Waals surface area contributed by atoms with E-state index in [1.54, 1.807) is 4.90 Å². The Morgan fingerprint density at radius 1 is 1.53 bits per heavy atom. The first-order chi connectivity index (χ1) is 7.04. The van der Waals surface area contributed by atoms with Crippen LogP contribution in [0.4, 0.5) is 4.79 Å². The normalized spacial score (nSPS) is 26.2. The third kappa shape index (κ3) is 3.20. The van der Waals surface area contributed by atoms with Gasteiger partial charge in [-0.25, -0.2) is 4.79 Å². The van der Waals surface area contributed by atoms with Gasteiger partial charge in [0, 0.05) is 26.1 Å². The van der Waals surface area contributed by atoms with E-state index in [4.69, 9.17) is 5.73 Å². The Morgan fingerprint density at radius 2 is 2.20 bits per heavy atom. The number of likely N-dealkylation sites (tertiary alicyclic amines) is 1. The topological polar surface area (TPSA) is 72.6 Å². The summed E-state index contributed by atoms with van der Waals surface area (Å²) in [6.45, 7) is 4.43. The Labute approximate surface area is 89.6 Å². The molecule has 0 bridgehead atoms. The number of piperidine rings is 1. The van der Waals surface area contributed by atoms with Gasteiger partial charge in [0.05, 0.1) is 0 Å². The molecule has 2 atom stereocenters. The number of ether oxygens (including phenoxy) is 1. The molecule has 15 heavy (non-hydrogen) atoms. The van der Waals surface area contributed by atoms with Gasteiger partial charge in [-0.15, -0.1) is 0 Å². The lowest BCUT2D eigenvalue weighted by molar-refractivity contribution is -0.136. The third-order valence-corrected chi connectivity index (χ3v) is 2.81. The molecule has 0 saturated carbocycles. The minimum atomic E-state index is -0.567. The average molecular weight is 214 g/mol. The quantitative estimate of drug-likeness (QED) is 0.516. The number of nitrogens with zero attached hydrogens (tertiary/aromatic N) is 1. The van der Waals surface area contributed by atoms with Crippen LogP contribution >= 0.6 is 0 Å². The number of nitrogens with two attached hydrogens (primary N) is 1. The highest BCUT2D eigenvalue weighted by Gasteiger charge is 2.29. The Bertz CT molecular complexity index is 255. The van der Waals surface area contributed by atoms with E-state index in [9.17, 15) is 9.59 Å². The third-order valence-electron chi connectivity index (χ3n) is 2.81. The van der Waals surface area contributed by atoms with Crippen LogP contribution in [0, 0.1) is 5.92 Å². The lowest BCUT2D eigenvalue weighted by atomic mass is 9.91. The van der Waals surface area contributed by atoms with Gasteiger partial charge in [0.1, 0.15) is 0 Å². The summed E-state index contributed by atoms with van der Waals surface area (Å²) in [5.41, 5.74) is 5.91. The maximum atomic E-state index is 11.4. The van der Waals surface area contributed by atoms with Crippen LogP contribution in [0.1, 0.15) is 26.7 Å². The molecule has 0 aromatic heterocycles. The van der Waals surface area contributed by atoms with E-state index < -0.39 is 12.1 Å². The van der Waals surface area contributed by atoms with Gasteiger partial charge in [-0.3, -0.25) is 4.79 Å². The van der Waals surface area contributed by atoms with Crippen LogP contribution in [0.3, 0.4) is 0 Å². The van der Waals surface area contributed by atoms with Crippen molar-refractivity contribution in [1.82, 2.24) is 4.90 Å². The molecule has 0 spiro atoms. The standard InChI is InChI=1S/C10H18N2O3/c1-3-8-6-12(5-4-9(8)11)10(14)15-7(2)13/h8-9H,3-6,11H2,1-2H3. The fourth-order valence-corrected chi connectivity index (χ4v) is 1.84. The predicted molar refractivity (Wildman–Crippen MR) is 55.1 cm³/mol. The van der Waals surface area contributed by atoms with E-state index in [2.05, 4.69) is 4.74 Å². The molecule has 1 heterocycles. The van der Waals surface area contributed by atoms with Crippen molar-refractivity contribution in [2.24, 2.45) is 11.7 Å². The smallest absolute Gasteiger partial charge is 0.376 e. The van der Waals surface area contributed by atoms with E-state index in [-0.39, 0.29) is 6.04 Å². The number of hydrogen-bond acceptors (Lipinski definition) is 4. The summed E-state index contributed by atoms with van der Waals surface area (Å²) in [6, 6.07) is 0.149. The monoisotopic (exact) mass is 214 g/mol. The summed E-state index contributed by atoms with van der Waals surface area (Å²) in [5.74, 6) is -0.263. The zero-order valence-electron chi connectivity index (χ0n) is 9.23. The number of carbonyl (C=O) groups excluding carboxylic acids is 2. The zero-order chi connectivity index (χ0) is 11.4. The number of rotatable bonds is 1. The highest BCUT2D eigenvalue weighted by Crippen LogP contribution is 2.18. The van der Waals surface area contributed by atoms with Crippen LogP contribution in [-0.2, 0) is 9.53 Å². The maximum Gasteiger partial charge on any atom is 0.417 e. The Hall–Kier alpha value is -1.10. The summed E-state index contributed by atoms with van der Waals surface area (Å²) in [7, 11) is 0. The summed E-state index contributed by atoms with van der Waals surface area (Å²) >= 11 is 0. The Kier molecular flexibility index (Phi) is 4.08. The summed E-state index contributed by atoms with van der Waals surface area (Å²) in [6.07, 6.45) is 1.16. The van der Waals surface area contributed by atoms with Crippen LogP contribution in [0.2, 0.25) is 0 Å². The van der Waals surface area contributed by atoms with Crippen molar-refractivity contribution in [2.45, 2.75) is 32.7 Å². The molecule has 1 rings (SSSR count). The van der Waals surface area contributed by atoms with Crippen molar-refractivity contribution >= 4 is 12.1 Å². The first kappa shape index (κ1) is 12.0. The van der Waals surface area contributed by atoms with Crippen LogP contribution in [-0.4, -0.2) is 36.1 Å². The summed E-state index contributed by atoms with van der Waals surface area (Å²) < 4.78 is 4.53. The molecular weight excluding hydrogens is 196 g/mol. The van der Waals surface area contributed by atoms with E-state index >= 15 is 0 Å². The van der Waals surface area contributed by atoms with Crippen molar-refractivity contribution < 1.29 is 14.3 Å². The van der Waals surface area contributed by atoms with Crippen LogP contribution in [0.25, 0.3) is 0 Å². The second kappa shape index (κ2) is 5.11. The lowest BCUT2D eigenvalue weighted by Crippen LogP contribution is -2.49. The Morgan fingerprint density at radius 3 is 2.73 bits per heavy atom. The molecule has 1 fully saturated rings. The fraction of sp³-hybridized carbons (Fsp3) is 0.800. The molecule has 0 radical (unpaired) electrons. The molecule has 0 aliphatic carbocycles. The first-order valence-electron chi connectivity index (χ1n) is 5.27.